The van der Waals surface area contributed by atoms with Gasteiger partial charge < -0.3 is 15.0 Å². The topological polar surface area (TPSA) is 95.7 Å². The number of carbonyl (C=O) groups excluding carboxylic acids is 1. The molecule has 2 N–H and O–H groups in total. The minimum absolute atomic E-state index is 0.171. The molecule has 0 bridgehead atoms. The minimum Gasteiger partial charge on any atom is -0.755 e. The largest absolute Gasteiger partial charge is 0.755 e. The number of ether oxygens (including phenoxy) is 1. The van der Waals surface area contributed by atoms with Crippen molar-refractivity contribution < 1.29 is 18.3 Å². The summed E-state index contributed by atoms with van der Waals surface area (Å²) in [4.78, 5) is 11.1. The van der Waals surface area contributed by atoms with Crippen LogP contribution in [0.5, 0.6) is 0 Å². The van der Waals surface area contributed by atoms with E-state index in [9.17, 15) is 13.6 Å². The van der Waals surface area contributed by atoms with Gasteiger partial charge in [-0.1, -0.05) is 0 Å². The van der Waals surface area contributed by atoms with E-state index in [1.54, 1.807) is 0 Å². The van der Waals surface area contributed by atoms with Gasteiger partial charge in [0.25, 0.3) is 0 Å². The van der Waals surface area contributed by atoms with Crippen LogP contribution in [0.25, 0.3) is 0 Å². The number of benzene rings is 1. The lowest BCUT2D eigenvalue weighted by Gasteiger charge is -2.22. The molecule has 0 saturated carbocycles. The Kier molecular flexibility index (Phi) is 3.64. The van der Waals surface area contributed by atoms with Crippen molar-refractivity contribution in [2.75, 3.05) is 17.1 Å². The van der Waals surface area contributed by atoms with Crippen molar-refractivity contribution in [1.82, 2.24) is 0 Å². The number of nitrogens with two attached hydrogens (primary N) is 1. The number of anilines is 2. The highest BCUT2D eigenvalue weighted by Crippen LogP contribution is 2.18. The lowest BCUT2D eigenvalue weighted by Crippen LogP contribution is -2.32. The molecule has 0 fully saturated rings. The van der Waals surface area contributed by atoms with E-state index in [1.807, 2.05) is 0 Å². The second-order valence-corrected chi connectivity index (χ2v) is 3.37. The third-order valence-corrected chi connectivity index (χ3v) is 2.28. The van der Waals surface area contributed by atoms with Gasteiger partial charge in [0, 0.05) is 5.69 Å². The fourth-order valence-electron chi connectivity index (χ4n) is 0.945. The second kappa shape index (κ2) is 4.76. The van der Waals surface area contributed by atoms with Crippen molar-refractivity contribution in [1.29, 1.82) is 0 Å². The molecule has 0 aliphatic heterocycles. The number of hydrogen-bond donors (Lipinski definition) is 1. The van der Waals surface area contributed by atoms with Crippen LogP contribution in [0.15, 0.2) is 24.3 Å². The van der Waals surface area contributed by atoms with Crippen molar-refractivity contribution in [3.05, 3.63) is 24.3 Å². The summed E-state index contributed by atoms with van der Waals surface area (Å²) in [6.07, 6.45) is -0.979. The van der Waals surface area contributed by atoms with Crippen LogP contribution in [0, 0.1) is 0 Å². The van der Waals surface area contributed by atoms with Crippen LogP contribution < -0.4 is 10.0 Å². The Bertz CT molecular complexity index is 379. The molecule has 1 amide bonds. The molecule has 82 valence electrons. The van der Waals surface area contributed by atoms with Crippen LogP contribution in [0.4, 0.5) is 16.2 Å². The van der Waals surface area contributed by atoms with Gasteiger partial charge in [-0.2, -0.15) is 0 Å². The fraction of sp³-hybridized carbons (Fsp3) is 0.125. The molecule has 15 heavy (non-hydrogen) atoms. The third-order valence-electron chi connectivity index (χ3n) is 1.62. The Morgan fingerprint density at radius 1 is 1.47 bits per heavy atom. The van der Waals surface area contributed by atoms with Crippen molar-refractivity contribution in [2.45, 2.75) is 0 Å². The van der Waals surface area contributed by atoms with Crippen LogP contribution in [0.3, 0.4) is 0 Å². The zero-order valence-electron chi connectivity index (χ0n) is 7.88. The van der Waals surface area contributed by atoms with Gasteiger partial charge in [0.2, 0.25) is 0 Å². The molecule has 1 atom stereocenters. The molecular formula is C8H9N2O4S-. The summed E-state index contributed by atoms with van der Waals surface area (Å²) in [6.45, 7) is 0. The molecule has 0 heterocycles. The quantitative estimate of drug-likeness (QED) is 0.593. The lowest BCUT2D eigenvalue weighted by atomic mass is 10.3. The van der Waals surface area contributed by atoms with Crippen molar-refractivity contribution in [2.24, 2.45) is 0 Å². The maximum atomic E-state index is 11.1. The predicted octanol–water partition coefficient (Wildman–Crippen LogP) is 0.636. The summed E-state index contributed by atoms with van der Waals surface area (Å²) in [7, 11) is 1.10. The van der Waals surface area contributed by atoms with Crippen LogP contribution in [0.1, 0.15) is 0 Å². The number of methoxy groups -OCH3 is 1. The van der Waals surface area contributed by atoms with Crippen LogP contribution >= 0.6 is 0 Å². The second-order valence-electron chi connectivity index (χ2n) is 2.57. The molecule has 0 aromatic heterocycles. The molecule has 7 heteroatoms. The highest BCUT2D eigenvalue weighted by molar-refractivity contribution is 7.81. The SMILES string of the molecule is COC(=O)N(c1ccc(N)cc1)S(=O)[O-]. The summed E-state index contributed by atoms with van der Waals surface area (Å²) in [5.41, 5.74) is 6.07. The monoisotopic (exact) mass is 229 g/mol. The molecule has 1 aromatic carbocycles. The van der Waals surface area contributed by atoms with Crippen LogP contribution in [-0.4, -0.2) is 22.0 Å². The first-order valence-electron chi connectivity index (χ1n) is 3.89. The normalized spacial score (nSPS) is 11.9. The first-order valence-corrected chi connectivity index (χ1v) is 4.92. The number of amides is 1. The number of carbonyl (C=O) groups is 1. The number of rotatable bonds is 2. The maximum absolute atomic E-state index is 11.1. The van der Waals surface area contributed by atoms with Gasteiger partial charge in [0.1, 0.15) is 0 Å². The summed E-state index contributed by atoms with van der Waals surface area (Å²) in [5, 5.41) is 0. The molecule has 0 radical (unpaired) electrons. The van der Waals surface area contributed by atoms with E-state index in [2.05, 4.69) is 4.74 Å². The number of nitrogen functional groups attached to an aromatic ring is 1. The number of nitrogens with zero attached hydrogens (tertiary/aromatic N) is 1. The summed E-state index contributed by atoms with van der Waals surface area (Å²) in [5.74, 6) is 0. The Hall–Kier alpha value is -1.60. The van der Waals surface area contributed by atoms with Crippen LogP contribution in [0.2, 0.25) is 0 Å². The first-order chi connectivity index (χ1) is 7.06. The Balaban J connectivity index is 3.04. The van der Waals surface area contributed by atoms with E-state index >= 15 is 0 Å². The molecule has 1 unspecified atom stereocenters. The van der Waals surface area contributed by atoms with Crippen molar-refractivity contribution in [3.63, 3.8) is 0 Å². The van der Waals surface area contributed by atoms with Gasteiger partial charge in [-0.15, -0.1) is 0 Å². The van der Waals surface area contributed by atoms with Crippen LogP contribution in [-0.2, 0) is 16.0 Å². The fourth-order valence-corrected chi connectivity index (χ4v) is 1.44. The molecule has 0 aliphatic rings. The highest BCUT2D eigenvalue weighted by Gasteiger charge is 2.16. The molecule has 0 saturated heterocycles. The van der Waals surface area contributed by atoms with E-state index < -0.39 is 17.4 Å². The average molecular weight is 229 g/mol. The van der Waals surface area contributed by atoms with E-state index in [0.29, 0.717) is 9.99 Å². The predicted molar refractivity (Wildman–Crippen MR) is 54.7 cm³/mol. The van der Waals surface area contributed by atoms with Crippen molar-refractivity contribution >= 4 is 28.7 Å². The molecular weight excluding hydrogens is 220 g/mol. The lowest BCUT2D eigenvalue weighted by molar-refractivity contribution is 0.183. The van der Waals surface area contributed by atoms with Gasteiger partial charge in [-0.3, -0.25) is 4.21 Å². The van der Waals surface area contributed by atoms with E-state index in [4.69, 9.17) is 5.73 Å². The highest BCUT2D eigenvalue weighted by atomic mass is 32.2. The number of hydrogen-bond acceptors (Lipinski definition) is 5. The van der Waals surface area contributed by atoms with Gasteiger partial charge >= 0.3 is 6.09 Å². The first kappa shape index (κ1) is 11.5. The molecule has 1 aromatic rings. The average Bonchev–Trinajstić information content (AvgIpc) is 2.20. The zero-order valence-corrected chi connectivity index (χ0v) is 8.69. The Labute approximate surface area is 89.0 Å². The van der Waals surface area contributed by atoms with Gasteiger partial charge in [0.15, 0.2) is 0 Å². The maximum Gasteiger partial charge on any atom is 0.425 e. The summed E-state index contributed by atoms with van der Waals surface area (Å²) >= 11 is -2.72. The molecule has 6 nitrogen and oxygen atoms in total. The van der Waals surface area contributed by atoms with Crippen molar-refractivity contribution in [3.8, 4) is 0 Å². The Morgan fingerprint density at radius 3 is 2.40 bits per heavy atom. The van der Waals surface area contributed by atoms with E-state index in [-0.39, 0.29) is 5.69 Å². The molecule has 1 rings (SSSR count). The molecule has 0 spiro atoms. The van der Waals surface area contributed by atoms with E-state index in [0.717, 1.165) is 7.11 Å². The standard InChI is InChI=1S/C8H10N2O4S/c1-14-8(11)10(15(12)13)7-4-2-6(9)3-5-7/h2-5H,9H2,1H3,(H,12,13)/p-1. The summed E-state index contributed by atoms with van der Waals surface area (Å²) < 4.78 is 26.4. The van der Waals surface area contributed by atoms with Gasteiger partial charge in [-0.25, -0.2) is 9.10 Å². The Morgan fingerprint density at radius 2 is 2.00 bits per heavy atom. The van der Waals surface area contributed by atoms with Gasteiger partial charge in [0.05, 0.1) is 24.1 Å². The zero-order chi connectivity index (χ0) is 11.4. The minimum atomic E-state index is -2.72. The third kappa shape index (κ3) is 2.67. The smallest absolute Gasteiger partial charge is 0.425 e. The summed E-state index contributed by atoms with van der Waals surface area (Å²) in [6, 6.07) is 5.78. The van der Waals surface area contributed by atoms with E-state index in [1.165, 1.54) is 24.3 Å². The van der Waals surface area contributed by atoms with Gasteiger partial charge in [-0.05, 0) is 24.3 Å². The molecule has 0 aliphatic carbocycles.